The summed E-state index contributed by atoms with van der Waals surface area (Å²) in [6.07, 6.45) is 4.62. The highest BCUT2D eigenvalue weighted by Gasteiger charge is 2.41. The van der Waals surface area contributed by atoms with Gasteiger partial charge in [-0.25, -0.2) is 13.1 Å². The highest BCUT2D eigenvalue weighted by atomic mass is 32.2. The maximum atomic E-state index is 12.6. The molecule has 1 aromatic carbocycles. The van der Waals surface area contributed by atoms with E-state index in [-0.39, 0.29) is 6.04 Å². The molecule has 20 heavy (non-hydrogen) atoms. The third-order valence-electron chi connectivity index (χ3n) is 4.95. The third-order valence-corrected chi connectivity index (χ3v) is 6.58. The minimum absolute atomic E-state index is 0.125. The lowest BCUT2D eigenvalue weighted by Crippen LogP contribution is -2.38. The smallest absolute Gasteiger partial charge is 0.241 e. The van der Waals surface area contributed by atoms with Crippen molar-refractivity contribution in [3.05, 3.63) is 29.3 Å². The topological polar surface area (TPSA) is 72.2 Å². The Labute approximate surface area is 120 Å². The lowest BCUT2D eigenvalue weighted by molar-refractivity contribution is 0.390. The zero-order chi connectivity index (χ0) is 14.3. The summed E-state index contributed by atoms with van der Waals surface area (Å²) < 4.78 is 28.1. The molecule has 3 rings (SSSR count). The predicted molar refractivity (Wildman–Crippen MR) is 78.6 cm³/mol. The van der Waals surface area contributed by atoms with E-state index < -0.39 is 10.0 Å². The Hall–Kier alpha value is -0.910. The predicted octanol–water partition coefficient (Wildman–Crippen LogP) is 1.92. The van der Waals surface area contributed by atoms with E-state index in [0.717, 1.165) is 23.5 Å². The Morgan fingerprint density at radius 3 is 2.70 bits per heavy atom. The number of hydrogen-bond acceptors (Lipinski definition) is 3. The maximum Gasteiger partial charge on any atom is 0.241 e. The fraction of sp³-hybridized carbons (Fsp3) is 0.600. The largest absolute Gasteiger partial charge is 0.326 e. The number of sulfonamides is 1. The van der Waals surface area contributed by atoms with Crippen LogP contribution in [0, 0.1) is 18.8 Å². The quantitative estimate of drug-likeness (QED) is 0.891. The first kappa shape index (κ1) is 14.0. The molecule has 0 saturated heterocycles. The van der Waals surface area contributed by atoms with Crippen molar-refractivity contribution in [3.8, 4) is 0 Å². The molecule has 2 aliphatic carbocycles. The van der Waals surface area contributed by atoms with Crippen LogP contribution in [0.2, 0.25) is 0 Å². The normalized spacial score (nSPS) is 29.0. The second-order valence-electron chi connectivity index (χ2n) is 6.15. The molecule has 2 aliphatic rings. The Balaban J connectivity index is 1.85. The molecule has 0 aliphatic heterocycles. The summed E-state index contributed by atoms with van der Waals surface area (Å²) in [6, 6.07) is 5.44. The second-order valence-corrected chi connectivity index (χ2v) is 7.83. The van der Waals surface area contributed by atoms with Crippen molar-refractivity contribution in [2.45, 2.75) is 50.1 Å². The molecule has 0 aromatic heterocycles. The molecule has 0 radical (unpaired) electrons. The van der Waals surface area contributed by atoms with Gasteiger partial charge in [0.25, 0.3) is 0 Å². The highest BCUT2D eigenvalue weighted by molar-refractivity contribution is 7.89. The van der Waals surface area contributed by atoms with Gasteiger partial charge in [0, 0.05) is 12.6 Å². The van der Waals surface area contributed by atoms with Crippen LogP contribution in [0.15, 0.2) is 23.1 Å². The summed E-state index contributed by atoms with van der Waals surface area (Å²) in [5.74, 6) is 1.26. The Bertz CT molecular complexity index is 612. The van der Waals surface area contributed by atoms with Crippen LogP contribution in [0.1, 0.15) is 36.8 Å². The van der Waals surface area contributed by atoms with Gasteiger partial charge in [-0.05, 0) is 55.2 Å². The molecule has 0 heterocycles. The fourth-order valence-electron chi connectivity index (χ4n) is 3.82. The van der Waals surface area contributed by atoms with Gasteiger partial charge in [-0.3, -0.25) is 0 Å². The van der Waals surface area contributed by atoms with Crippen molar-refractivity contribution < 1.29 is 8.42 Å². The van der Waals surface area contributed by atoms with E-state index in [1.165, 1.54) is 19.3 Å². The van der Waals surface area contributed by atoms with Gasteiger partial charge < -0.3 is 5.73 Å². The van der Waals surface area contributed by atoms with Crippen LogP contribution in [-0.2, 0) is 16.6 Å². The molecule has 5 heteroatoms. The number of fused-ring (bicyclic) bond motifs is 2. The van der Waals surface area contributed by atoms with Gasteiger partial charge >= 0.3 is 0 Å². The Morgan fingerprint density at radius 2 is 2.10 bits per heavy atom. The molecule has 2 fully saturated rings. The van der Waals surface area contributed by atoms with Crippen molar-refractivity contribution in [3.63, 3.8) is 0 Å². The molecule has 2 saturated carbocycles. The van der Waals surface area contributed by atoms with Crippen LogP contribution in [0.4, 0.5) is 0 Å². The van der Waals surface area contributed by atoms with Crippen molar-refractivity contribution >= 4 is 10.0 Å². The van der Waals surface area contributed by atoms with Crippen LogP contribution in [0.3, 0.4) is 0 Å². The molecule has 3 atom stereocenters. The van der Waals surface area contributed by atoms with Crippen molar-refractivity contribution in [2.75, 3.05) is 0 Å². The average Bonchev–Trinajstić information content (AvgIpc) is 3.00. The number of hydrogen-bond donors (Lipinski definition) is 2. The Morgan fingerprint density at radius 1 is 1.30 bits per heavy atom. The van der Waals surface area contributed by atoms with Crippen LogP contribution >= 0.6 is 0 Å². The van der Waals surface area contributed by atoms with E-state index in [2.05, 4.69) is 4.72 Å². The van der Waals surface area contributed by atoms with Crippen molar-refractivity contribution in [1.29, 1.82) is 0 Å². The van der Waals surface area contributed by atoms with E-state index in [9.17, 15) is 8.42 Å². The summed E-state index contributed by atoms with van der Waals surface area (Å²) in [4.78, 5) is 0.378. The molecule has 3 unspecified atom stereocenters. The lowest BCUT2D eigenvalue weighted by Gasteiger charge is -2.23. The Kier molecular flexibility index (Phi) is 3.60. The van der Waals surface area contributed by atoms with Gasteiger partial charge in [-0.2, -0.15) is 0 Å². The molecule has 4 nitrogen and oxygen atoms in total. The first-order valence-electron chi connectivity index (χ1n) is 7.32. The zero-order valence-corrected chi connectivity index (χ0v) is 12.6. The number of nitrogens with two attached hydrogens (primary N) is 1. The van der Waals surface area contributed by atoms with Gasteiger partial charge in [0.15, 0.2) is 0 Å². The lowest BCUT2D eigenvalue weighted by atomic mass is 9.96. The summed E-state index contributed by atoms with van der Waals surface area (Å²) in [6.45, 7) is 2.20. The summed E-state index contributed by atoms with van der Waals surface area (Å²) >= 11 is 0. The molecular formula is C15H22N2O2S. The van der Waals surface area contributed by atoms with Crippen LogP contribution < -0.4 is 10.5 Å². The molecule has 0 amide bonds. The van der Waals surface area contributed by atoms with E-state index in [1.807, 2.05) is 13.0 Å². The first-order chi connectivity index (χ1) is 9.51. The fourth-order valence-corrected chi connectivity index (χ4v) is 5.43. The van der Waals surface area contributed by atoms with Crippen LogP contribution in [0.25, 0.3) is 0 Å². The van der Waals surface area contributed by atoms with Gasteiger partial charge in [0.05, 0.1) is 4.90 Å². The average molecular weight is 294 g/mol. The SMILES string of the molecule is Cc1c(CN)cccc1S(=O)(=O)NC1CC2CCC1C2. The van der Waals surface area contributed by atoms with Crippen molar-refractivity contribution in [2.24, 2.45) is 17.6 Å². The third kappa shape index (κ3) is 2.38. The summed E-state index contributed by atoms with van der Waals surface area (Å²) in [5.41, 5.74) is 7.32. The van der Waals surface area contributed by atoms with Gasteiger partial charge in [-0.1, -0.05) is 18.6 Å². The van der Waals surface area contributed by atoms with E-state index in [4.69, 9.17) is 5.73 Å². The minimum atomic E-state index is -3.43. The van der Waals surface area contributed by atoms with Gasteiger partial charge in [-0.15, -0.1) is 0 Å². The number of benzene rings is 1. The van der Waals surface area contributed by atoms with Crippen LogP contribution in [-0.4, -0.2) is 14.5 Å². The number of rotatable bonds is 4. The van der Waals surface area contributed by atoms with E-state index in [1.54, 1.807) is 12.1 Å². The standard InChI is InChI=1S/C15H22N2O2S/c1-10-13(9-16)3-2-4-15(10)20(18,19)17-14-8-11-5-6-12(14)7-11/h2-4,11-12,14,17H,5-9,16H2,1H3. The molecular weight excluding hydrogens is 272 g/mol. The minimum Gasteiger partial charge on any atom is -0.326 e. The van der Waals surface area contributed by atoms with E-state index >= 15 is 0 Å². The van der Waals surface area contributed by atoms with Gasteiger partial charge in [0.2, 0.25) is 10.0 Å². The summed E-state index contributed by atoms with van der Waals surface area (Å²) in [5, 5.41) is 0. The number of nitrogens with one attached hydrogen (secondary N) is 1. The van der Waals surface area contributed by atoms with Gasteiger partial charge in [0.1, 0.15) is 0 Å². The maximum absolute atomic E-state index is 12.6. The highest BCUT2D eigenvalue weighted by Crippen LogP contribution is 2.44. The van der Waals surface area contributed by atoms with Crippen molar-refractivity contribution in [1.82, 2.24) is 4.72 Å². The second kappa shape index (κ2) is 5.13. The molecule has 3 N–H and O–H groups in total. The zero-order valence-electron chi connectivity index (χ0n) is 11.8. The molecule has 1 aromatic rings. The molecule has 110 valence electrons. The van der Waals surface area contributed by atoms with E-state index in [0.29, 0.717) is 17.4 Å². The first-order valence-corrected chi connectivity index (χ1v) is 8.80. The van der Waals surface area contributed by atoms with Crippen LogP contribution in [0.5, 0.6) is 0 Å². The molecule has 2 bridgehead atoms. The monoisotopic (exact) mass is 294 g/mol. The molecule has 0 spiro atoms. The summed E-state index contributed by atoms with van der Waals surface area (Å²) in [7, 11) is -3.43.